The highest BCUT2D eigenvalue weighted by Crippen LogP contribution is 2.23. The van der Waals surface area contributed by atoms with Gasteiger partial charge in [-0.1, -0.05) is 23.8 Å². The molecule has 1 rings (SSSR count). The average molecular weight is 256 g/mol. The maximum Gasteiger partial charge on any atom is 0.309 e. The summed E-state index contributed by atoms with van der Waals surface area (Å²) < 4.78 is 4.44. The number of hydrogen-bond acceptors (Lipinski definition) is 4. The van der Waals surface area contributed by atoms with Gasteiger partial charge in [0.2, 0.25) is 0 Å². The van der Waals surface area contributed by atoms with Gasteiger partial charge in [0.05, 0.1) is 24.0 Å². The van der Waals surface area contributed by atoms with Crippen LogP contribution in [0, 0.1) is 10.1 Å². The van der Waals surface area contributed by atoms with Gasteiger partial charge in [0.15, 0.2) is 0 Å². The normalized spacial score (nSPS) is 10.5. The minimum atomic E-state index is -0.506. The van der Waals surface area contributed by atoms with E-state index in [1.54, 1.807) is 0 Å². The number of carbonyl (C=O) groups is 1. The first-order valence-electron chi connectivity index (χ1n) is 4.72. The Labute approximate surface area is 103 Å². The summed E-state index contributed by atoms with van der Waals surface area (Å²) in [7, 11) is 1.28. The number of nitro groups is 1. The van der Waals surface area contributed by atoms with E-state index < -0.39 is 10.9 Å². The Hall–Kier alpha value is -1.88. The fourth-order valence-corrected chi connectivity index (χ4v) is 1.37. The number of nitrogens with zero attached hydrogens (tertiary/aromatic N) is 1. The summed E-state index contributed by atoms with van der Waals surface area (Å²) in [6.07, 6.45) is 3.02. The molecule has 0 aliphatic heterocycles. The number of nitro benzene ring substituents is 1. The van der Waals surface area contributed by atoms with Crippen molar-refractivity contribution in [3.8, 4) is 0 Å². The molecule has 0 atom stereocenters. The minimum absolute atomic E-state index is 0.0557. The largest absolute Gasteiger partial charge is 0.469 e. The third-order valence-electron chi connectivity index (χ3n) is 2.00. The van der Waals surface area contributed by atoms with Gasteiger partial charge in [-0.15, -0.1) is 0 Å². The fraction of sp³-hybridized carbons (Fsp3) is 0.182. The van der Waals surface area contributed by atoms with Gasteiger partial charge in [-0.2, -0.15) is 0 Å². The number of carbonyl (C=O) groups excluding carboxylic acids is 1. The second kappa shape index (κ2) is 6.00. The second-order valence-electron chi connectivity index (χ2n) is 3.14. The molecule has 17 heavy (non-hydrogen) atoms. The van der Waals surface area contributed by atoms with E-state index in [4.69, 9.17) is 11.6 Å². The van der Waals surface area contributed by atoms with Crippen LogP contribution in [0.15, 0.2) is 24.3 Å². The van der Waals surface area contributed by atoms with Gasteiger partial charge < -0.3 is 4.74 Å². The van der Waals surface area contributed by atoms with E-state index in [-0.39, 0.29) is 12.1 Å². The number of esters is 1. The molecule has 0 radical (unpaired) electrons. The molecule has 0 N–H and O–H groups in total. The molecule has 0 heterocycles. The van der Waals surface area contributed by atoms with Crippen LogP contribution in [0.2, 0.25) is 5.02 Å². The molecule has 0 saturated carbocycles. The third kappa shape index (κ3) is 3.88. The van der Waals surface area contributed by atoms with Gasteiger partial charge in [-0.3, -0.25) is 14.9 Å². The van der Waals surface area contributed by atoms with Crippen molar-refractivity contribution in [3.63, 3.8) is 0 Å². The molecule has 0 unspecified atom stereocenters. The summed E-state index contributed by atoms with van der Waals surface area (Å²) in [5.74, 6) is -0.411. The van der Waals surface area contributed by atoms with E-state index in [9.17, 15) is 14.9 Å². The Kier molecular flexibility index (Phi) is 4.66. The van der Waals surface area contributed by atoms with Gasteiger partial charge in [-0.05, 0) is 12.1 Å². The molecular formula is C11H10ClNO4. The third-order valence-corrected chi connectivity index (χ3v) is 2.23. The number of methoxy groups -OCH3 is 1. The quantitative estimate of drug-likeness (QED) is 0.471. The van der Waals surface area contributed by atoms with Crippen molar-refractivity contribution in [1.29, 1.82) is 0 Å². The van der Waals surface area contributed by atoms with Gasteiger partial charge in [0.25, 0.3) is 5.69 Å². The molecule has 1 aromatic rings. The number of benzene rings is 1. The molecule has 0 aliphatic rings. The van der Waals surface area contributed by atoms with Gasteiger partial charge in [0, 0.05) is 11.1 Å². The number of halogens is 1. The van der Waals surface area contributed by atoms with Gasteiger partial charge >= 0.3 is 5.97 Å². The van der Waals surface area contributed by atoms with E-state index in [1.807, 2.05) is 0 Å². The molecule has 5 nitrogen and oxygen atoms in total. The Morgan fingerprint density at radius 2 is 2.29 bits per heavy atom. The van der Waals surface area contributed by atoms with E-state index in [0.29, 0.717) is 10.6 Å². The fourth-order valence-electron chi connectivity index (χ4n) is 1.19. The lowest BCUT2D eigenvalue weighted by Gasteiger charge is -1.98. The van der Waals surface area contributed by atoms with Crippen molar-refractivity contribution in [2.24, 2.45) is 0 Å². The highest BCUT2D eigenvalue weighted by atomic mass is 35.5. The van der Waals surface area contributed by atoms with Crippen molar-refractivity contribution in [3.05, 3.63) is 45.0 Å². The summed E-state index contributed by atoms with van der Waals surface area (Å²) in [6, 6.07) is 4.23. The average Bonchev–Trinajstić information content (AvgIpc) is 2.28. The highest BCUT2D eigenvalue weighted by Gasteiger charge is 2.11. The predicted molar refractivity (Wildman–Crippen MR) is 63.8 cm³/mol. The summed E-state index contributed by atoms with van der Waals surface area (Å²) in [6.45, 7) is 0. The lowest BCUT2D eigenvalue weighted by molar-refractivity contribution is -0.385. The molecule has 0 saturated heterocycles. The standard InChI is InChI=1S/C11H10ClNO4/c1-17-11(14)4-2-3-8-7-9(12)5-6-10(8)13(15)16/h2-3,5-7H,4H2,1H3. The molecule has 1 aromatic carbocycles. The molecule has 6 heteroatoms. The van der Waals surface area contributed by atoms with Crippen LogP contribution in [0.1, 0.15) is 12.0 Å². The Morgan fingerprint density at radius 3 is 2.88 bits per heavy atom. The van der Waals surface area contributed by atoms with Crippen molar-refractivity contribution in [2.45, 2.75) is 6.42 Å². The SMILES string of the molecule is COC(=O)CC=Cc1cc(Cl)ccc1[N+](=O)[O-]. The first-order valence-corrected chi connectivity index (χ1v) is 5.09. The Bertz CT molecular complexity index is 471. The summed E-state index contributed by atoms with van der Waals surface area (Å²) in [5, 5.41) is 11.1. The Balaban J connectivity index is 2.92. The predicted octanol–water partition coefficient (Wildman–Crippen LogP) is 2.82. The Morgan fingerprint density at radius 1 is 1.59 bits per heavy atom. The lowest BCUT2D eigenvalue weighted by atomic mass is 10.1. The maximum atomic E-state index is 10.9. The molecular weight excluding hydrogens is 246 g/mol. The first kappa shape index (κ1) is 13.2. The van der Waals surface area contributed by atoms with Crippen LogP contribution in [0.25, 0.3) is 6.08 Å². The smallest absolute Gasteiger partial charge is 0.309 e. The van der Waals surface area contributed by atoms with Crippen LogP contribution >= 0.6 is 11.6 Å². The molecule has 90 valence electrons. The van der Waals surface area contributed by atoms with Crippen molar-refractivity contribution < 1.29 is 14.5 Å². The van der Waals surface area contributed by atoms with Crippen LogP contribution in [0.5, 0.6) is 0 Å². The van der Waals surface area contributed by atoms with Crippen LogP contribution in [-0.4, -0.2) is 18.0 Å². The van der Waals surface area contributed by atoms with Gasteiger partial charge in [0.1, 0.15) is 0 Å². The van der Waals surface area contributed by atoms with E-state index in [0.717, 1.165) is 0 Å². The topological polar surface area (TPSA) is 69.4 Å². The zero-order valence-electron chi connectivity index (χ0n) is 9.05. The van der Waals surface area contributed by atoms with Crippen LogP contribution in [0.3, 0.4) is 0 Å². The van der Waals surface area contributed by atoms with Crippen molar-refractivity contribution in [1.82, 2.24) is 0 Å². The highest BCUT2D eigenvalue weighted by molar-refractivity contribution is 6.30. The number of hydrogen-bond donors (Lipinski definition) is 0. The first-order chi connectivity index (χ1) is 8.04. The lowest BCUT2D eigenvalue weighted by Crippen LogP contribution is -1.97. The van der Waals surface area contributed by atoms with Gasteiger partial charge in [-0.25, -0.2) is 0 Å². The van der Waals surface area contributed by atoms with Crippen LogP contribution < -0.4 is 0 Å². The van der Waals surface area contributed by atoms with E-state index >= 15 is 0 Å². The summed E-state index contributed by atoms with van der Waals surface area (Å²) in [4.78, 5) is 21.1. The maximum absolute atomic E-state index is 10.9. The molecule has 0 aromatic heterocycles. The summed E-state index contributed by atoms with van der Waals surface area (Å²) in [5.41, 5.74) is 0.293. The molecule has 0 amide bonds. The monoisotopic (exact) mass is 255 g/mol. The van der Waals surface area contributed by atoms with Crippen LogP contribution in [-0.2, 0) is 9.53 Å². The van der Waals surface area contributed by atoms with Crippen LogP contribution in [0.4, 0.5) is 5.69 Å². The minimum Gasteiger partial charge on any atom is -0.469 e. The number of rotatable bonds is 4. The zero-order chi connectivity index (χ0) is 12.8. The summed E-state index contributed by atoms with van der Waals surface area (Å²) >= 11 is 5.74. The van der Waals surface area contributed by atoms with E-state index in [1.165, 1.54) is 37.5 Å². The number of ether oxygens (including phenoxy) is 1. The molecule has 0 spiro atoms. The molecule has 0 aliphatic carbocycles. The zero-order valence-corrected chi connectivity index (χ0v) is 9.81. The molecule has 0 fully saturated rings. The van der Waals surface area contributed by atoms with Crippen molar-refractivity contribution in [2.75, 3.05) is 7.11 Å². The second-order valence-corrected chi connectivity index (χ2v) is 3.58. The van der Waals surface area contributed by atoms with E-state index in [2.05, 4.69) is 4.74 Å². The van der Waals surface area contributed by atoms with Crippen molar-refractivity contribution >= 4 is 29.3 Å². The molecule has 0 bridgehead atoms.